The molecule has 0 heterocycles. The molecule has 1 amide bonds. The van der Waals surface area contributed by atoms with Gasteiger partial charge in [-0.15, -0.1) is 0 Å². The number of carbonyl (C=O) groups excluding carboxylic acids is 1. The molecular weight excluding hydrogens is 270 g/mol. The van der Waals surface area contributed by atoms with E-state index >= 15 is 0 Å². The van der Waals surface area contributed by atoms with E-state index in [1.807, 2.05) is 0 Å². The van der Waals surface area contributed by atoms with Gasteiger partial charge in [-0.1, -0.05) is 52.3 Å². The average molecular weight is 299 g/mol. The number of aryl methyl sites for hydroxylation is 1. The van der Waals surface area contributed by atoms with E-state index in [2.05, 4.69) is 45.9 Å². The van der Waals surface area contributed by atoms with E-state index in [1.54, 1.807) is 0 Å². The minimum atomic E-state index is -0.346. The molecule has 2 N–H and O–H groups in total. The normalized spacial score (nSPS) is 34.1. The van der Waals surface area contributed by atoms with Gasteiger partial charge in [0.25, 0.3) is 0 Å². The van der Waals surface area contributed by atoms with Crippen LogP contribution in [-0.4, -0.2) is 5.91 Å². The molecule has 1 aromatic carbocycles. The minimum absolute atomic E-state index is 0.102. The zero-order chi connectivity index (χ0) is 16.1. The van der Waals surface area contributed by atoms with Gasteiger partial charge in [-0.3, -0.25) is 4.79 Å². The Kier molecular flexibility index (Phi) is 3.62. The highest BCUT2D eigenvalue weighted by molar-refractivity contribution is 5.81. The number of nitrogens with two attached hydrogens (primary N) is 1. The summed E-state index contributed by atoms with van der Waals surface area (Å²) < 4.78 is 0. The summed E-state index contributed by atoms with van der Waals surface area (Å²) in [6.45, 7) is 8.97. The van der Waals surface area contributed by atoms with Gasteiger partial charge < -0.3 is 5.73 Å². The molecule has 2 aliphatic rings. The van der Waals surface area contributed by atoms with E-state index < -0.39 is 0 Å². The van der Waals surface area contributed by atoms with E-state index in [-0.39, 0.29) is 16.7 Å². The molecule has 0 aromatic heterocycles. The van der Waals surface area contributed by atoms with Crippen molar-refractivity contribution in [2.24, 2.45) is 17.1 Å². The van der Waals surface area contributed by atoms with E-state index in [1.165, 1.54) is 23.1 Å². The Hall–Kier alpha value is -1.31. The highest BCUT2D eigenvalue weighted by Gasteiger charge is 2.54. The van der Waals surface area contributed by atoms with Crippen molar-refractivity contribution in [1.29, 1.82) is 0 Å². The maximum absolute atomic E-state index is 12.2. The number of amides is 1. The third-order valence-electron chi connectivity index (χ3n) is 6.61. The second kappa shape index (κ2) is 5.11. The number of primary amides is 1. The van der Waals surface area contributed by atoms with E-state index in [9.17, 15) is 4.79 Å². The SMILES string of the molecule is CC(C)c1ccc2c(c1)CC[C@H]1[C@](C)(C(N)=O)CCC[C@]21C. The summed E-state index contributed by atoms with van der Waals surface area (Å²) in [5.74, 6) is 0.840. The predicted octanol–water partition coefficient (Wildman–Crippen LogP) is 4.31. The van der Waals surface area contributed by atoms with Gasteiger partial charge in [0, 0.05) is 5.41 Å². The number of rotatable bonds is 2. The Bertz CT molecular complexity index is 606. The second-order valence-corrected chi connectivity index (χ2v) is 8.22. The summed E-state index contributed by atoms with van der Waals surface area (Å²) in [6.07, 6.45) is 5.39. The lowest BCUT2D eigenvalue weighted by Gasteiger charge is -2.54. The molecular formula is C20H29NO. The fourth-order valence-electron chi connectivity index (χ4n) is 5.17. The molecule has 22 heavy (non-hydrogen) atoms. The smallest absolute Gasteiger partial charge is 0.223 e. The van der Waals surface area contributed by atoms with Crippen molar-refractivity contribution in [1.82, 2.24) is 0 Å². The first-order valence-corrected chi connectivity index (χ1v) is 8.72. The number of benzene rings is 1. The van der Waals surface area contributed by atoms with Crippen molar-refractivity contribution in [3.8, 4) is 0 Å². The molecule has 2 heteroatoms. The lowest BCUT2D eigenvalue weighted by atomic mass is 9.49. The molecule has 3 rings (SSSR count). The predicted molar refractivity (Wildman–Crippen MR) is 90.8 cm³/mol. The minimum Gasteiger partial charge on any atom is -0.369 e. The Labute approximate surface area is 134 Å². The third kappa shape index (κ3) is 2.11. The highest BCUT2D eigenvalue weighted by atomic mass is 16.1. The van der Waals surface area contributed by atoms with Crippen molar-refractivity contribution in [2.75, 3.05) is 0 Å². The largest absolute Gasteiger partial charge is 0.369 e. The molecule has 3 atom stereocenters. The topological polar surface area (TPSA) is 43.1 Å². The maximum Gasteiger partial charge on any atom is 0.223 e. The first-order chi connectivity index (χ1) is 10.3. The van der Waals surface area contributed by atoms with E-state index in [0.29, 0.717) is 11.8 Å². The van der Waals surface area contributed by atoms with Crippen molar-refractivity contribution >= 4 is 5.91 Å². The summed E-state index contributed by atoms with van der Waals surface area (Å²) in [6, 6.07) is 7.02. The lowest BCUT2D eigenvalue weighted by Crippen LogP contribution is -2.54. The highest BCUT2D eigenvalue weighted by Crippen LogP contribution is 2.57. The Balaban J connectivity index is 2.08. The van der Waals surface area contributed by atoms with Crippen LogP contribution >= 0.6 is 0 Å². The molecule has 0 radical (unpaired) electrons. The van der Waals surface area contributed by atoms with Crippen LogP contribution in [0.25, 0.3) is 0 Å². The van der Waals surface area contributed by atoms with Crippen LogP contribution < -0.4 is 5.73 Å². The Morgan fingerprint density at radius 2 is 2.00 bits per heavy atom. The fourth-order valence-corrected chi connectivity index (χ4v) is 5.17. The monoisotopic (exact) mass is 299 g/mol. The lowest BCUT2D eigenvalue weighted by molar-refractivity contribution is -0.135. The van der Waals surface area contributed by atoms with Crippen LogP contribution in [0.5, 0.6) is 0 Å². The molecule has 0 unspecified atom stereocenters. The van der Waals surface area contributed by atoms with Crippen LogP contribution in [0, 0.1) is 11.3 Å². The number of carbonyl (C=O) groups is 1. The van der Waals surface area contributed by atoms with E-state index in [4.69, 9.17) is 5.73 Å². The quantitative estimate of drug-likeness (QED) is 0.869. The van der Waals surface area contributed by atoms with Gasteiger partial charge in [-0.25, -0.2) is 0 Å². The first-order valence-electron chi connectivity index (χ1n) is 8.72. The van der Waals surface area contributed by atoms with Gasteiger partial charge in [-0.05, 0) is 59.6 Å². The van der Waals surface area contributed by atoms with Crippen LogP contribution in [0.15, 0.2) is 18.2 Å². The summed E-state index contributed by atoms with van der Waals surface area (Å²) in [5, 5.41) is 0. The Morgan fingerprint density at radius 1 is 1.27 bits per heavy atom. The van der Waals surface area contributed by atoms with E-state index in [0.717, 1.165) is 25.7 Å². The van der Waals surface area contributed by atoms with Crippen molar-refractivity contribution in [3.05, 3.63) is 34.9 Å². The zero-order valence-electron chi connectivity index (χ0n) is 14.4. The van der Waals surface area contributed by atoms with Crippen LogP contribution in [0.3, 0.4) is 0 Å². The molecule has 0 saturated heterocycles. The molecule has 2 nitrogen and oxygen atoms in total. The molecule has 1 saturated carbocycles. The first kappa shape index (κ1) is 15.6. The molecule has 0 bridgehead atoms. The second-order valence-electron chi connectivity index (χ2n) is 8.22. The fraction of sp³-hybridized carbons (Fsp3) is 0.650. The summed E-state index contributed by atoms with van der Waals surface area (Å²) in [5.41, 5.74) is 9.97. The number of hydrogen-bond donors (Lipinski definition) is 1. The average Bonchev–Trinajstić information content (AvgIpc) is 2.46. The third-order valence-corrected chi connectivity index (χ3v) is 6.61. The van der Waals surface area contributed by atoms with Gasteiger partial charge in [0.15, 0.2) is 0 Å². The van der Waals surface area contributed by atoms with Crippen molar-refractivity contribution < 1.29 is 4.79 Å². The summed E-state index contributed by atoms with van der Waals surface area (Å²) in [4.78, 5) is 12.2. The van der Waals surface area contributed by atoms with Gasteiger partial charge >= 0.3 is 0 Å². The molecule has 1 fully saturated rings. The summed E-state index contributed by atoms with van der Waals surface area (Å²) >= 11 is 0. The van der Waals surface area contributed by atoms with Crippen molar-refractivity contribution in [2.45, 2.75) is 71.1 Å². The van der Waals surface area contributed by atoms with Crippen LogP contribution in [0.2, 0.25) is 0 Å². The molecule has 1 aromatic rings. The number of hydrogen-bond acceptors (Lipinski definition) is 1. The maximum atomic E-state index is 12.2. The number of fused-ring (bicyclic) bond motifs is 3. The van der Waals surface area contributed by atoms with Gasteiger partial charge in [0.1, 0.15) is 0 Å². The standard InChI is InChI=1S/C20H29NO/c1-13(2)14-6-8-16-15(12-14)7-9-17-19(16,3)10-5-11-20(17,4)18(21)22/h6,8,12-13,17H,5,7,9-11H2,1-4H3,(H2,21,22)/t17-,19-,20-/m1/s1. The van der Waals surface area contributed by atoms with Crippen LogP contribution in [-0.2, 0) is 16.6 Å². The molecule has 0 aliphatic heterocycles. The van der Waals surface area contributed by atoms with Gasteiger partial charge in [0.2, 0.25) is 5.91 Å². The summed E-state index contributed by atoms with van der Waals surface area (Å²) in [7, 11) is 0. The molecule has 2 aliphatic carbocycles. The molecule has 120 valence electrons. The van der Waals surface area contributed by atoms with Crippen LogP contribution in [0.4, 0.5) is 0 Å². The van der Waals surface area contributed by atoms with Gasteiger partial charge in [-0.2, -0.15) is 0 Å². The van der Waals surface area contributed by atoms with Gasteiger partial charge in [0.05, 0.1) is 0 Å². The van der Waals surface area contributed by atoms with Crippen LogP contribution in [0.1, 0.15) is 76.0 Å². The Morgan fingerprint density at radius 3 is 2.64 bits per heavy atom. The zero-order valence-corrected chi connectivity index (χ0v) is 14.4. The van der Waals surface area contributed by atoms with Crippen molar-refractivity contribution in [3.63, 3.8) is 0 Å². The molecule has 0 spiro atoms.